The number of ketones is 1. The number of alkyl halides is 2. The van der Waals surface area contributed by atoms with Crippen LogP contribution in [0, 0.1) is 17.3 Å². The third-order valence-corrected chi connectivity index (χ3v) is 14.4. The number of fused-ring (bicyclic) bond motifs is 1. The van der Waals surface area contributed by atoms with Crippen molar-refractivity contribution in [3.05, 3.63) is 0 Å². The Balaban J connectivity index is 1.34. The van der Waals surface area contributed by atoms with Crippen LogP contribution >= 0.6 is 23.2 Å². The molecule has 5 rings (SSSR count). The summed E-state index contributed by atoms with van der Waals surface area (Å²) in [5, 5.41) is 10.6. The van der Waals surface area contributed by atoms with Crippen LogP contribution in [-0.4, -0.2) is 94.4 Å². The van der Waals surface area contributed by atoms with Crippen molar-refractivity contribution in [1.82, 2.24) is 26.2 Å². The van der Waals surface area contributed by atoms with E-state index in [4.69, 9.17) is 23.2 Å². The molecule has 4 N–H and O–H groups in total. The van der Waals surface area contributed by atoms with Gasteiger partial charge in [0, 0.05) is 24.4 Å². The highest BCUT2D eigenvalue weighted by atomic mass is 35.5. The second-order valence-corrected chi connectivity index (χ2v) is 19.4. The Labute approximate surface area is 293 Å². The Hall–Kier alpha value is -2.12. The number of hydrogen-bond donors (Lipinski definition) is 4. The smallest absolute Gasteiger partial charge is 0.315 e. The average molecular weight is 733 g/mol. The minimum Gasteiger partial charge on any atom is -0.347 e. The number of carbonyl (C=O) groups is 5. The number of carbonyl (C=O) groups excluding carboxylic acids is 5. The summed E-state index contributed by atoms with van der Waals surface area (Å²) >= 11 is 13.1. The van der Waals surface area contributed by atoms with E-state index in [2.05, 4.69) is 21.3 Å². The van der Waals surface area contributed by atoms with Gasteiger partial charge in [-0.1, -0.05) is 59.8 Å². The van der Waals surface area contributed by atoms with Crippen molar-refractivity contribution in [2.75, 3.05) is 12.3 Å². The standard InChI is InChI=1S/C33H51Cl2N5O7S/c1-5-6-11-21(25(41)28(43)36-19-13-14-19)37-27(42)24-23-20(33(23,34)35)18-40(24)29(44)26(31(2,3)4)38-30(45)39-32(15-8-7-9-16-32)22-12-10-17-48(22,46)47/h19-24,26H,5-18H2,1-4H3,(H,36,43)(H,37,42)(H2,38,39,45)/t20?,21?,22?,23?,24-,26-/m1/s1. The third kappa shape index (κ3) is 7.62. The highest BCUT2D eigenvalue weighted by Gasteiger charge is 2.74. The molecule has 5 fully saturated rings. The van der Waals surface area contributed by atoms with Crippen molar-refractivity contribution in [2.24, 2.45) is 17.3 Å². The van der Waals surface area contributed by atoms with Gasteiger partial charge in [0.25, 0.3) is 5.91 Å². The number of urea groups is 1. The van der Waals surface area contributed by atoms with Crippen LogP contribution in [0.25, 0.3) is 0 Å². The Morgan fingerprint density at radius 1 is 0.958 bits per heavy atom. The molecule has 0 spiro atoms. The first-order chi connectivity index (χ1) is 22.4. The number of nitrogens with zero attached hydrogens (tertiary/aromatic N) is 1. The normalized spacial score (nSPS) is 29.6. The van der Waals surface area contributed by atoms with E-state index in [1.807, 2.05) is 6.92 Å². The largest absolute Gasteiger partial charge is 0.347 e. The van der Waals surface area contributed by atoms with E-state index in [0.29, 0.717) is 32.1 Å². The predicted molar refractivity (Wildman–Crippen MR) is 182 cm³/mol. The summed E-state index contributed by atoms with van der Waals surface area (Å²) in [4.78, 5) is 69.2. The number of likely N-dealkylation sites (tertiary alicyclic amines) is 1. The van der Waals surface area contributed by atoms with Crippen LogP contribution in [0.3, 0.4) is 0 Å². The molecule has 15 heteroatoms. The first kappa shape index (κ1) is 37.1. The van der Waals surface area contributed by atoms with Gasteiger partial charge in [0.05, 0.1) is 22.6 Å². The molecule has 0 radical (unpaired) electrons. The van der Waals surface area contributed by atoms with Crippen molar-refractivity contribution in [1.29, 1.82) is 0 Å². The molecule has 2 aliphatic heterocycles. The summed E-state index contributed by atoms with van der Waals surface area (Å²) in [6.07, 6.45) is 7.88. The van der Waals surface area contributed by atoms with E-state index >= 15 is 0 Å². The van der Waals surface area contributed by atoms with E-state index in [1.54, 1.807) is 20.8 Å². The molecule has 5 aliphatic rings. The summed E-state index contributed by atoms with van der Waals surface area (Å²) in [5.41, 5.74) is -1.72. The fourth-order valence-electron chi connectivity index (χ4n) is 8.04. The highest BCUT2D eigenvalue weighted by molar-refractivity contribution is 7.92. The van der Waals surface area contributed by atoms with Crippen LogP contribution in [0.4, 0.5) is 4.79 Å². The molecule has 2 saturated heterocycles. The third-order valence-electron chi connectivity index (χ3n) is 10.9. The van der Waals surface area contributed by atoms with Crippen molar-refractivity contribution < 1.29 is 32.4 Å². The number of amides is 5. The first-order valence-corrected chi connectivity index (χ1v) is 20.0. The molecule has 0 bridgehead atoms. The molecule has 6 atom stereocenters. The fourth-order valence-corrected chi connectivity index (χ4v) is 11.2. The maximum atomic E-state index is 14.4. The molecule has 3 aliphatic carbocycles. The zero-order chi connectivity index (χ0) is 35.2. The number of rotatable bonds is 12. The minimum absolute atomic E-state index is 0.0261. The summed E-state index contributed by atoms with van der Waals surface area (Å²) in [5.74, 6) is -3.50. The van der Waals surface area contributed by atoms with Gasteiger partial charge >= 0.3 is 6.03 Å². The second-order valence-electron chi connectivity index (χ2n) is 15.7. The van der Waals surface area contributed by atoms with Gasteiger partial charge in [-0.05, 0) is 50.4 Å². The summed E-state index contributed by atoms with van der Waals surface area (Å²) < 4.78 is 24.8. The van der Waals surface area contributed by atoms with Crippen LogP contribution < -0.4 is 21.3 Å². The van der Waals surface area contributed by atoms with Crippen molar-refractivity contribution >= 4 is 62.6 Å². The molecule has 12 nitrogen and oxygen atoms in total. The molecule has 0 aromatic rings. The maximum Gasteiger partial charge on any atom is 0.315 e. The predicted octanol–water partition coefficient (Wildman–Crippen LogP) is 3.13. The highest BCUT2D eigenvalue weighted by Crippen LogP contribution is 2.65. The summed E-state index contributed by atoms with van der Waals surface area (Å²) in [7, 11) is -3.37. The Morgan fingerprint density at radius 2 is 1.62 bits per heavy atom. The number of nitrogens with one attached hydrogen (secondary N) is 4. The number of piperidine rings is 1. The van der Waals surface area contributed by atoms with Gasteiger partial charge in [0.15, 0.2) is 9.84 Å². The Kier molecular flexibility index (Phi) is 10.7. The van der Waals surface area contributed by atoms with E-state index in [1.165, 1.54) is 4.90 Å². The molecule has 4 unspecified atom stereocenters. The molecule has 0 aromatic heterocycles. The van der Waals surface area contributed by atoms with Gasteiger partial charge < -0.3 is 26.2 Å². The van der Waals surface area contributed by atoms with Crippen LogP contribution in [0.15, 0.2) is 0 Å². The fraction of sp³-hybridized carbons (Fsp3) is 0.848. The zero-order valence-corrected chi connectivity index (χ0v) is 30.7. The van der Waals surface area contributed by atoms with Gasteiger partial charge in [-0.15, -0.1) is 23.2 Å². The minimum atomic E-state index is -3.37. The molecule has 2 heterocycles. The van der Waals surface area contributed by atoms with Crippen molar-refractivity contribution in [3.63, 3.8) is 0 Å². The Bertz CT molecular complexity index is 1410. The van der Waals surface area contributed by atoms with Crippen LogP contribution in [0.1, 0.15) is 105 Å². The lowest BCUT2D eigenvalue weighted by Gasteiger charge is -2.43. The van der Waals surface area contributed by atoms with E-state index in [0.717, 1.165) is 38.5 Å². The zero-order valence-electron chi connectivity index (χ0n) is 28.4. The summed E-state index contributed by atoms with van der Waals surface area (Å²) in [6, 6.07) is -3.95. The molecule has 270 valence electrons. The number of halogens is 2. The van der Waals surface area contributed by atoms with Gasteiger partial charge in [-0.3, -0.25) is 19.2 Å². The van der Waals surface area contributed by atoms with Gasteiger partial charge in [0.2, 0.25) is 17.6 Å². The quantitative estimate of drug-likeness (QED) is 0.177. The van der Waals surface area contributed by atoms with Gasteiger partial charge in [0.1, 0.15) is 16.4 Å². The van der Waals surface area contributed by atoms with Crippen LogP contribution in [0.5, 0.6) is 0 Å². The molecule has 3 saturated carbocycles. The number of sulfone groups is 1. The van der Waals surface area contributed by atoms with E-state index < -0.39 is 89.9 Å². The van der Waals surface area contributed by atoms with Crippen molar-refractivity contribution in [2.45, 2.75) is 144 Å². The average Bonchev–Trinajstić information content (AvgIpc) is 3.79. The molecule has 5 amide bonds. The second kappa shape index (κ2) is 13.9. The number of hydrogen-bond acceptors (Lipinski definition) is 7. The number of unbranched alkanes of at least 4 members (excludes halogenated alkanes) is 1. The molecular weight excluding hydrogens is 681 g/mol. The van der Waals surface area contributed by atoms with E-state index in [-0.39, 0.29) is 24.8 Å². The van der Waals surface area contributed by atoms with Gasteiger partial charge in [-0.25, -0.2) is 13.2 Å². The van der Waals surface area contributed by atoms with Crippen molar-refractivity contribution in [3.8, 4) is 0 Å². The lowest BCUT2D eigenvalue weighted by molar-refractivity contribution is -0.144. The van der Waals surface area contributed by atoms with Crippen LogP contribution in [0.2, 0.25) is 0 Å². The number of Topliss-reactive ketones (excluding diaryl/α,β-unsaturated/α-hetero) is 1. The Morgan fingerprint density at radius 3 is 2.19 bits per heavy atom. The molecular formula is C33H51Cl2N5O7S. The molecule has 48 heavy (non-hydrogen) atoms. The maximum absolute atomic E-state index is 14.4. The first-order valence-electron chi connectivity index (χ1n) is 17.6. The van der Waals surface area contributed by atoms with Crippen LogP contribution in [-0.2, 0) is 29.0 Å². The topological polar surface area (TPSA) is 171 Å². The van der Waals surface area contributed by atoms with E-state index in [9.17, 15) is 32.4 Å². The lowest BCUT2D eigenvalue weighted by atomic mass is 9.78. The monoisotopic (exact) mass is 731 g/mol. The SMILES string of the molecule is CCCCC(NC(=O)[C@H]1C2C(CN1C(=O)[C@@H](NC(=O)NC1(C3CCCS3(=O)=O)CCCCC1)C(C)(C)C)C2(Cl)Cl)C(=O)C(=O)NC1CC1. The summed E-state index contributed by atoms with van der Waals surface area (Å²) in [6.45, 7) is 7.40. The lowest BCUT2D eigenvalue weighted by Crippen LogP contribution is -2.65. The molecule has 0 aromatic carbocycles. The van der Waals surface area contributed by atoms with Gasteiger partial charge in [-0.2, -0.15) is 0 Å².